The van der Waals surface area contributed by atoms with Crippen molar-refractivity contribution in [2.75, 3.05) is 7.11 Å². The molecule has 1 N–H and O–H groups in total. The van der Waals surface area contributed by atoms with E-state index in [0.29, 0.717) is 32.5 Å². The third-order valence-corrected chi connectivity index (χ3v) is 4.00. The van der Waals surface area contributed by atoms with Crippen molar-refractivity contribution in [2.24, 2.45) is 0 Å². The van der Waals surface area contributed by atoms with Crippen LogP contribution in [0.25, 0.3) is 21.9 Å². The number of H-pyrrole nitrogens is 1. The summed E-state index contributed by atoms with van der Waals surface area (Å²) in [5.41, 5.74) is 1.59. The van der Waals surface area contributed by atoms with Crippen LogP contribution in [0.3, 0.4) is 0 Å². The number of carbonyl (C=O) groups excluding carboxylic acids is 1. The first-order valence-corrected chi connectivity index (χ1v) is 6.48. The molecular weight excluding hydrogens is 288 g/mol. The number of hydrogen-bond acceptors (Lipinski definition) is 6. The number of imidazole rings is 1. The van der Waals surface area contributed by atoms with Crippen molar-refractivity contribution in [1.82, 2.24) is 19.9 Å². The number of hydrogen-bond donors (Lipinski definition) is 1. The first kappa shape index (κ1) is 12.1. The van der Waals surface area contributed by atoms with Gasteiger partial charge in [-0.2, -0.15) is 0 Å². The van der Waals surface area contributed by atoms with Gasteiger partial charge in [-0.25, -0.2) is 19.7 Å². The average Bonchev–Trinajstić information content (AvgIpc) is 3.00. The maximum absolute atomic E-state index is 11.5. The van der Waals surface area contributed by atoms with Crippen LogP contribution < -0.4 is 0 Å². The molecule has 0 aromatic carbocycles. The molecule has 3 aromatic heterocycles. The molecule has 0 aliphatic carbocycles. The third kappa shape index (κ3) is 1.96. The Balaban J connectivity index is 2.11. The molecule has 0 atom stereocenters. The van der Waals surface area contributed by atoms with Gasteiger partial charge in [0.25, 0.3) is 0 Å². The minimum Gasteiger partial charge on any atom is -0.465 e. The molecule has 0 fully saturated rings. The molecule has 3 rings (SSSR count). The Labute approximate surface area is 116 Å². The number of methoxy groups -OCH3 is 1. The lowest BCUT2D eigenvalue weighted by molar-refractivity contribution is 0.0601. The maximum atomic E-state index is 11.5. The smallest absolute Gasteiger partial charge is 0.340 e. The van der Waals surface area contributed by atoms with E-state index in [2.05, 4.69) is 24.7 Å². The SMILES string of the molecule is COC(=O)c1csc(-c2nc3ncncc3[nH]2)c1Cl. The summed E-state index contributed by atoms with van der Waals surface area (Å²) in [6, 6.07) is 0. The molecule has 0 unspecified atom stereocenters. The number of rotatable bonds is 2. The molecule has 0 saturated carbocycles. The van der Waals surface area contributed by atoms with Crippen LogP contribution in [0.5, 0.6) is 0 Å². The van der Waals surface area contributed by atoms with E-state index in [4.69, 9.17) is 11.6 Å². The van der Waals surface area contributed by atoms with Gasteiger partial charge in [-0.15, -0.1) is 11.3 Å². The normalized spacial score (nSPS) is 10.8. The first-order chi connectivity index (χ1) is 9.20. The van der Waals surface area contributed by atoms with Crippen LogP contribution in [-0.4, -0.2) is 33.0 Å². The lowest BCUT2D eigenvalue weighted by Crippen LogP contribution is -1.99. The average molecular weight is 295 g/mol. The number of aromatic nitrogens is 4. The van der Waals surface area contributed by atoms with E-state index < -0.39 is 5.97 Å². The first-order valence-electron chi connectivity index (χ1n) is 5.22. The molecule has 0 spiro atoms. The highest BCUT2D eigenvalue weighted by molar-refractivity contribution is 7.14. The zero-order chi connectivity index (χ0) is 13.4. The minimum absolute atomic E-state index is 0.323. The van der Waals surface area contributed by atoms with Gasteiger partial charge in [0.15, 0.2) is 11.5 Å². The summed E-state index contributed by atoms with van der Waals surface area (Å²) in [5.74, 6) is 0.0871. The Kier molecular flexibility index (Phi) is 2.92. The molecular formula is C11H7ClN4O2S. The van der Waals surface area contributed by atoms with Gasteiger partial charge < -0.3 is 9.72 Å². The van der Waals surface area contributed by atoms with E-state index in [1.54, 1.807) is 11.6 Å². The molecule has 0 radical (unpaired) electrons. The van der Waals surface area contributed by atoms with E-state index in [9.17, 15) is 4.79 Å². The quantitative estimate of drug-likeness (QED) is 0.735. The molecule has 0 saturated heterocycles. The highest BCUT2D eigenvalue weighted by Crippen LogP contribution is 2.36. The van der Waals surface area contributed by atoms with Gasteiger partial charge in [0.2, 0.25) is 0 Å². The van der Waals surface area contributed by atoms with E-state index >= 15 is 0 Å². The predicted octanol–water partition coefficient (Wildman–Crippen LogP) is 2.52. The fraction of sp³-hybridized carbons (Fsp3) is 0.0909. The van der Waals surface area contributed by atoms with Crippen LogP contribution in [0.1, 0.15) is 10.4 Å². The Morgan fingerprint density at radius 3 is 3.11 bits per heavy atom. The molecule has 0 aliphatic rings. The molecule has 96 valence electrons. The number of ether oxygens (including phenoxy) is 1. The van der Waals surface area contributed by atoms with Crippen LogP contribution >= 0.6 is 22.9 Å². The number of thiophene rings is 1. The van der Waals surface area contributed by atoms with Crippen LogP contribution in [0.4, 0.5) is 0 Å². The zero-order valence-electron chi connectivity index (χ0n) is 9.68. The van der Waals surface area contributed by atoms with Gasteiger partial charge in [0.05, 0.1) is 28.8 Å². The standard InChI is InChI=1S/C11H7ClN4O2S/c1-18-11(17)5-3-19-8(7(5)12)10-15-6-2-13-4-14-9(6)16-10/h2-4H,1H3,(H,13,14,15,16). The molecule has 3 heterocycles. The Morgan fingerprint density at radius 1 is 1.53 bits per heavy atom. The Hall–Kier alpha value is -1.99. The van der Waals surface area contributed by atoms with Gasteiger partial charge in [-0.05, 0) is 0 Å². The number of nitrogens with one attached hydrogen (secondary N) is 1. The molecule has 8 heteroatoms. The largest absolute Gasteiger partial charge is 0.465 e. The van der Waals surface area contributed by atoms with Gasteiger partial charge >= 0.3 is 5.97 Å². The number of carbonyl (C=O) groups is 1. The van der Waals surface area contributed by atoms with E-state index in [1.807, 2.05) is 0 Å². The van der Waals surface area contributed by atoms with Crippen molar-refractivity contribution in [1.29, 1.82) is 0 Å². The number of fused-ring (bicyclic) bond motifs is 1. The Bertz CT molecular complexity index is 734. The molecule has 6 nitrogen and oxygen atoms in total. The molecule has 0 bridgehead atoms. The summed E-state index contributed by atoms with van der Waals surface area (Å²) >= 11 is 7.49. The number of halogens is 1. The van der Waals surface area contributed by atoms with Crippen molar-refractivity contribution in [2.45, 2.75) is 0 Å². The molecule has 3 aromatic rings. The van der Waals surface area contributed by atoms with Crippen LogP contribution in [0.2, 0.25) is 5.02 Å². The van der Waals surface area contributed by atoms with Gasteiger partial charge in [0, 0.05) is 5.38 Å². The third-order valence-electron chi connectivity index (χ3n) is 2.51. The van der Waals surface area contributed by atoms with Crippen molar-refractivity contribution in [3.63, 3.8) is 0 Å². The van der Waals surface area contributed by atoms with Gasteiger partial charge in [-0.3, -0.25) is 0 Å². The summed E-state index contributed by atoms with van der Waals surface area (Å²) in [6.07, 6.45) is 3.05. The zero-order valence-corrected chi connectivity index (χ0v) is 11.2. The summed E-state index contributed by atoms with van der Waals surface area (Å²) in [5, 5.41) is 1.96. The van der Waals surface area contributed by atoms with Crippen LogP contribution in [-0.2, 0) is 4.74 Å². The molecule has 19 heavy (non-hydrogen) atoms. The van der Waals surface area contributed by atoms with Crippen molar-refractivity contribution >= 4 is 40.1 Å². The topological polar surface area (TPSA) is 80.8 Å². The van der Waals surface area contributed by atoms with Crippen LogP contribution in [0.15, 0.2) is 17.9 Å². The lowest BCUT2D eigenvalue weighted by Gasteiger charge is -1.96. The van der Waals surface area contributed by atoms with Crippen LogP contribution in [0, 0.1) is 0 Å². The van der Waals surface area contributed by atoms with Crippen molar-refractivity contribution in [3.8, 4) is 10.7 Å². The molecule has 0 amide bonds. The minimum atomic E-state index is -0.469. The highest BCUT2D eigenvalue weighted by Gasteiger charge is 2.19. The predicted molar refractivity (Wildman–Crippen MR) is 71.3 cm³/mol. The summed E-state index contributed by atoms with van der Waals surface area (Å²) in [7, 11) is 1.31. The van der Waals surface area contributed by atoms with Crippen molar-refractivity contribution in [3.05, 3.63) is 28.5 Å². The summed E-state index contributed by atoms with van der Waals surface area (Å²) in [4.78, 5) is 27.5. The fourth-order valence-corrected chi connectivity index (χ4v) is 2.91. The van der Waals surface area contributed by atoms with E-state index in [-0.39, 0.29) is 0 Å². The number of aromatic amines is 1. The second kappa shape index (κ2) is 4.60. The monoisotopic (exact) mass is 294 g/mol. The fourth-order valence-electron chi connectivity index (χ4n) is 1.62. The summed E-state index contributed by atoms with van der Waals surface area (Å²) < 4.78 is 4.66. The van der Waals surface area contributed by atoms with Crippen molar-refractivity contribution < 1.29 is 9.53 Å². The van der Waals surface area contributed by atoms with Gasteiger partial charge in [-0.1, -0.05) is 11.6 Å². The Morgan fingerprint density at radius 2 is 2.37 bits per heavy atom. The number of esters is 1. The highest BCUT2D eigenvalue weighted by atomic mass is 35.5. The molecule has 0 aliphatic heterocycles. The number of nitrogens with zero attached hydrogens (tertiary/aromatic N) is 3. The second-order valence-corrected chi connectivity index (χ2v) is 4.89. The maximum Gasteiger partial charge on any atom is 0.340 e. The lowest BCUT2D eigenvalue weighted by atomic mass is 10.3. The van der Waals surface area contributed by atoms with E-state index in [1.165, 1.54) is 24.8 Å². The van der Waals surface area contributed by atoms with E-state index in [0.717, 1.165) is 0 Å². The second-order valence-electron chi connectivity index (χ2n) is 3.63. The van der Waals surface area contributed by atoms with Gasteiger partial charge in [0.1, 0.15) is 11.8 Å². The summed E-state index contributed by atoms with van der Waals surface area (Å²) in [6.45, 7) is 0.